The number of rotatable bonds is 4. The normalized spacial score (nSPS) is 20.0. The molecule has 1 amide bonds. The van der Waals surface area contributed by atoms with Crippen molar-refractivity contribution >= 4 is 11.7 Å². The van der Waals surface area contributed by atoms with E-state index in [2.05, 4.69) is 55.1 Å². The quantitative estimate of drug-likeness (QED) is 0.920. The molecule has 1 aromatic heterocycles. The predicted molar refractivity (Wildman–Crippen MR) is 93.7 cm³/mol. The monoisotopic (exact) mass is 321 g/mol. The lowest BCUT2D eigenvalue weighted by Gasteiger charge is -2.35. The van der Waals surface area contributed by atoms with Crippen LogP contribution >= 0.6 is 0 Å². The molecule has 0 saturated carbocycles. The van der Waals surface area contributed by atoms with Gasteiger partial charge in [-0.3, -0.25) is 9.69 Å². The van der Waals surface area contributed by atoms with E-state index in [4.69, 9.17) is 0 Å². The lowest BCUT2D eigenvalue weighted by atomic mass is 10.1. The van der Waals surface area contributed by atoms with Gasteiger partial charge in [-0.05, 0) is 61.2 Å². The molecule has 2 rings (SSSR count). The number of nitrogens with one attached hydrogen (secondary N) is 1. The molecule has 1 fully saturated rings. The number of carbonyl (C=O) groups is 1. The number of aryl methyl sites for hydroxylation is 1. The Kier molecular flexibility index (Phi) is 5.47. The molecule has 0 radical (unpaired) electrons. The Morgan fingerprint density at radius 2 is 2.13 bits per heavy atom. The van der Waals surface area contributed by atoms with Crippen LogP contribution in [0.2, 0.25) is 0 Å². The Morgan fingerprint density at radius 1 is 1.43 bits per heavy atom. The van der Waals surface area contributed by atoms with E-state index in [1.165, 1.54) is 6.42 Å². The summed E-state index contributed by atoms with van der Waals surface area (Å²) in [5.41, 5.74) is 0.763. The van der Waals surface area contributed by atoms with Crippen LogP contribution in [0.25, 0.3) is 0 Å². The van der Waals surface area contributed by atoms with Gasteiger partial charge in [-0.2, -0.15) is 5.10 Å². The number of likely N-dealkylation sites (N-methyl/N-ethyl adjacent to an activating group) is 1. The largest absolute Gasteiger partial charge is 0.310 e. The molecule has 6 nitrogen and oxygen atoms in total. The highest BCUT2D eigenvalue weighted by atomic mass is 16.2. The van der Waals surface area contributed by atoms with E-state index in [0.717, 1.165) is 31.0 Å². The van der Waals surface area contributed by atoms with E-state index < -0.39 is 0 Å². The van der Waals surface area contributed by atoms with Crippen LogP contribution in [0.1, 0.15) is 39.3 Å². The molecule has 1 atom stereocenters. The number of piperidine rings is 1. The molecular weight excluding hydrogens is 290 g/mol. The van der Waals surface area contributed by atoms with Gasteiger partial charge < -0.3 is 10.2 Å². The maximum Gasteiger partial charge on any atom is 0.239 e. The zero-order chi connectivity index (χ0) is 17.2. The third-order valence-corrected chi connectivity index (χ3v) is 4.31. The Hall–Kier alpha value is -1.40. The molecule has 0 aromatic carbocycles. The number of anilines is 1. The fourth-order valence-corrected chi connectivity index (χ4v) is 3.08. The second-order valence-electron chi connectivity index (χ2n) is 7.80. The number of aromatic nitrogens is 2. The molecule has 23 heavy (non-hydrogen) atoms. The van der Waals surface area contributed by atoms with Crippen LogP contribution in [0.15, 0.2) is 6.07 Å². The molecule has 0 spiro atoms. The van der Waals surface area contributed by atoms with E-state index in [1.54, 1.807) is 0 Å². The van der Waals surface area contributed by atoms with Crippen LogP contribution in [-0.4, -0.2) is 65.3 Å². The summed E-state index contributed by atoms with van der Waals surface area (Å²) in [6.45, 7) is 10.6. The minimum atomic E-state index is -0.155. The lowest BCUT2D eigenvalue weighted by Crippen LogP contribution is -2.47. The Morgan fingerprint density at radius 3 is 2.74 bits per heavy atom. The summed E-state index contributed by atoms with van der Waals surface area (Å²) in [4.78, 5) is 16.9. The number of nitrogens with zero attached hydrogens (tertiary/aromatic N) is 4. The van der Waals surface area contributed by atoms with Gasteiger partial charge in [-0.25, -0.2) is 4.68 Å². The minimum absolute atomic E-state index is 0.0369. The van der Waals surface area contributed by atoms with E-state index in [0.29, 0.717) is 12.6 Å². The van der Waals surface area contributed by atoms with Gasteiger partial charge in [0.2, 0.25) is 5.91 Å². The van der Waals surface area contributed by atoms with E-state index in [1.807, 2.05) is 17.7 Å². The van der Waals surface area contributed by atoms with Gasteiger partial charge in [0, 0.05) is 18.7 Å². The average molecular weight is 321 g/mol. The zero-order valence-electron chi connectivity index (χ0n) is 15.4. The first-order valence-electron chi connectivity index (χ1n) is 8.42. The van der Waals surface area contributed by atoms with Crippen LogP contribution in [0.5, 0.6) is 0 Å². The molecule has 0 bridgehead atoms. The number of amides is 1. The summed E-state index contributed by atoms with van der Waals surface area (Å²) in [6.07, 6.45) is 2.36. The summed E-state index contributed by atoms with van der Waals surface area (Å²) in [5, 5.41) is 7.53. The third kappa shape index (κ3) is 4.78. The molecule has 0 unspecified atom stereocenters. The van der Waals surface area contributed by atoms with Crippen LogP contribution < -0.4 is 5.32 Å². The fourth-order valence-electron chi connectivity index (χ4n) is 3.08. The summed E-state index contributed by atoms with van der Waals surface area (Å²) in [7, 11) is 4.22. The number of hydrogen-bond acceptors (Lipinski definition) is 4. The summed E-state index contributed by atoms with van der Waals surface area (Å²) < 4.78 is 1.89. The van der Waals surface area contributed by atoms with E-state index in [-0.39, 0.29) is 11.4 Å². The first kappa shape index (κ1) is 17.9. The van der Waals surface area contributed by atoms with Crippen LogP contribution in [0, 0.1) is 6.92 Å². The highest BCUT2D eigenvalue weighted by Gasteiger charge is 2.24. The fraction of sp³-hybridized carbons (Fsp3) is 0.765. The van der Waals surface area contributed by atoms with Crippen molar-refractivity contribution in [2.45, 2.75) is 52.1 Å². The molecular formula is C17H31N5O. The summed E-state index contributed by atoms with van der Waals surface area (Å²) in [5.74, 6) is 0.816. The summed E-state index contributed by atoms with van der Waals surface area (Å²) >= 11 is 0. The molecule has 1 aliphatic heterocycles. The van der Waals surface area contributed by atoms with E-state index >= 15 is 0 Å². The SMILES string of the molecule is Cc1cc(NC(=O)CN2CCC[C@H](N(C)C)C2)n(C(C)(C)C)n1. The Balaban J connectivity index is 1.98. The van der Waals surface area contributed by atoms with Crippen LogP contribution in [-0.2, 0) is 10.3 Å². The van der Waals surface area contributed by atoms with Crippen molar-refractivity contribution in [1.82, 2.24) is 19.6 Å². The molecule has 1 saturated heterocycles. The molecule has 2 heterocycles. The average Bonchev–Trinajstić information content (AvgIpc) is 2.79. The van der Waals surface area contributed by atoms with Crippen molar-refractivity contribution in [3.8, 4) is 0 Å². The van der Waals surface area contributed by atoms with Gasteiger partial charge in [-0.15, -0.1) is 0 Å². The zero-order valence-corrected chi connectivity index (χ0v) is 15.4. The molecule has 1 aromatic rings. The first-order chi connectivity index (χ1) is 10.7. The Bertz CT molecular complexity index is 544. The number of carbonyl (C=O) groups excluding carboxylic acids is 1. The third-order valence-electron chi connectivity index (χ3n) is 4.31. The maximum absolute atomic E-state index is 12.4. The van der Waals surface area contributed by atoms with Crippen molar-refractivity contribution in [2.75, 3.05) is 39.0 Å². The van der Waals surface area contributed by atoms with Crippen molar-refractivity contribution in [1.29, 1.82) is 0 Å². The van der Waals surface area contributed by atoms with Gasteiger partial charge in [0.05, 0.1) is 17.8 Å². The van der Waals surface area contributed by atoms with Crippen LogP contribution in [0.3, 0.4) is 0 Å². The lowest BCUT2D eigenvalue weighted by molar-refractivity contribution is -0.117. The highest BCUT2D eigenvalue weighted by Crippen LogP contribution is 2.21. The molecule has 1 N–H and O–H groups in total. The van der Waals surface area contributed by atoms with E-state index in [9.17, 15) is 4.79 Å². The van der Waals surface area contributed by atoms with Crippen molar-refractivity contribution in [2.24, 2.45) is 0 Å². The highest BCUT2D eigenvalue weighted by molar-refractivity contribution is 5.91. The van der Waals surface area contributed by atoms with Crippen molar-refractivity contribution < 1.29 is 4.79 Å². The van der Waals surface area contributed by atoms with Gasteiger partial charge in [0.1, 0.15) is 5.82 Å². The van der Waals surface area contributed by atoms with Gasteiger partial charge in [0.25, 0.3) is 0 Å². The molecule has 130 valence electrons. The molecule has 1 aliphatic rings. The van der Waals surface area contributed by atoms with Crippen molar-refractivity contribution in [3.63, 3.8) is 0 Å². The van der Waals surface area contributed by atoms with Crippen LogP contribution in [0.4, 0.5) is 5.82 Å². The maximum atomic E-state index is 12.4. The van der Waals surface area contributed by atoms with Gasteiger partial charge in [0.15, 0.2) is 0 Å². The number of hydrogen-bond donors (Lipinski definition) is 1. The predicted octanol–water partition coefficient (Wildman–Crippen LogP) is 1.91. The van der Waals surface area contributed by atoms with Gasteiger partial charge in [-0.1, -0.05) is 0 Å². The smallest absolute Gasteiger partial charge is 0.239 e. The van der Waals surface area contributed by atoms with Crippen molar-refractivity contribution in [3.05, 3.63) is 11.8 Å². The topological polar surface area (TPSA) is 53.4 Å². The second-order valence-corrected chi connectivity index (χ2v) is 7.80. The summed E-state index contributed by atoms with van der Waals surface area (Å²) in [6, 6.07) is 2.47. The standard InChI is InChI=1S/C17H31N5O/c1-13-10-15(22(19-13)17(2,3)4)18-16(23)12-21-9-7-8-14(11-21)20(5)6/h10,14H,7-9,11-12H2,1-6H3,(H,18,23)/t14-/m0/s1. The molecule has 6 heteroatoms. The first-order valence-corrected chi connectivity index (χ1v) is 8.42. The number of likely N-dealkylation sites (tertiary alicyclic amines) is 1. The minimum Gasteiger partial charge on any atom is -0.310 e. The second kappa shape index (κ2) is 7.01. The van der Waals surface area contributed by atoms with Gasteiger partial charge >= 0.3 is 0 Å². The molecule has 0 aliphatic carbocycles. The Labute approximate surface area is 139 Å².